The zero-order valence-corrected chi connectivity index (χ0v) is 13.2. The van der Waals surface area contributed by atoms with Crippen LogP contribution in [0.5, 0.6) is 0 Å². The number of fused-ring (bicyclic) bond motifs is 2. The van der Waals surface area contributed by atoms with E-state index >= 15 is 0 Å². The molecule has 8 nitrogen and oxygen atoms in total. The molecule has 0 bridgehead atoms. The number of carbonyl (C=O) groups excluding carboxylic acids is 2. The zero-order valence-electron chi connectivity index (χ0n) is 13.2. The summed E-state index contributed by atoms with van der Waals surface area (Å²) in [6.07, 6.45) is 0. The molecule has 1 aromatic carbocycles. The fourth-order valence-electron chi connectivity index (χ4n) is 3.03. The molecule has 0 amide bonds. The molecule has 24 heavy (non-hydrogen) atoms. The number of anilines is 2. The van der Waals surface area contributed by atoms with Gasteiger partial charge in [0.05, 0.1) is 48.8 Å². The minimum absolute atomic E-state index is 0.0776. The number of hydrogen-bond donors (Lipinski definition) is 2. The van der Waals surface area contributed by atoms with Crippen molar-refractivity contribution < 1.29 is 29.3 Å². The third-order valence-corrected chi connectivity index (χ3v) is 4.16. The topological polar surface area (TPSA) is 99.5 Å². The molecule has 0 fully saturated rings. The Kier molecular flexibility index (Phi) is 4.86. The number of cyclic esters (lactones) is 2. The normalized spacial score (nSPS) is 17.4. The van der Waals surface area contributed by atoms with Crippen molar-refractivity contribution in [2.24, 2.45) is 0 Å². The fourth-order valence-corrected chi connectivity index (χ4v) is 3.03. The van der Waals surface area contributed by atoms with E-state index in [2.05, 4.69) is 0 Å². The summed E-state index contributed by atoms with van der Waals surface area (Å²) in [5, 5.41) is 18.5. The lowest BCUT2D eigenvalue weighted by atomic mass is 10.0. The van der Waals surface area contributed by atoms with Crippen LogP contribution in [-0.4, -0.2) is 74.8 Å². The van der Waals surface area contributed by atoms with Crippen LogP contribution < -0.4 is 9.80 Å². The van der Waals surface area contributed by atoms with Gasteiger partial charge in [0, 0.05) is 13.1 Å². The molecule has 0 saturated heterocycles. The summed E-state index contributed by atoms with van der Waals surface area (Å²) in [6, 6.07) is 3.23. The first kappa shape index (κ1) is 16.5. The zero-order chi connectivity index (χ0) is 17.1. The maximum atomic E-state index is 12.3. The summed E-state index contributed by atoms with van der Waals surface area (Å²) in [5.41, 5.74) is 1.79. The van der Waals surface area contributed by atoms with Gasteiger partial charge >= 0.3 is 11.9 Å². The van der Waals surface area contributed by atoms with Crippen LogP contribution in [0, 0.1) is 0 Å². The first-order chi connectivity index (χ1) is 11.7. The Morgan fingerprint density at radius 1 is 0.833 bits per heavy atom. The number of hydrogen-bond acceptors (Lipinski definition) is 8. The van der Waals surface area contributed by atoms with Crippen molar-refractivity contribution >= 4 is 23.3 Å². The maximum absolute atomic E-state index is 12.3. The highest BCUT2D eigenvalue weighted by Crippen LogP contribution is 2.34. The van der Waals surface area contributed by atoms with E-state index in [-0.39, 0.29) is 26.4 Å². The average molecular weight is 336 g/mol. The number of esters is 2. The minimum atomic E-state index is -0.463. The summed E-state index contributed by atoms with van der Waals surface area (Å²) in [7, 11) is 0. The molecule has 0 unspecified atom stereocenters. The monoisotopic (exact) mass is 336 g/mol. The van der Waals surface area contributed by atoms with Crippen LogP contribution in [0.4, 0.5) is 11.4 Å². The van der Waals surface area contributed by atoms with Gasteiger partial charge in [-0.05, 0) is 12.1 Å². The smallest absolute Gasteiger partial charge is 0.340 e. The van der Waals surface area contributed by atoms with E-state index in [1.165, 1.54) is 0 Å². The Hall–Kier alpha value is -2.32. The van der Waals surface area contributed by atoms with E-state index < -0.39 is 11.9 Å². The number of nitrogens with zero attached hydrogens (tertiary/aromatic N) is 2. The molecule has 2 heterocycles. The van der Waals surface area contributed by atoms with Crippen LogP contribution in [0.1, 0.15) is 20.7 Å². The van der Waals surface area contributed by atoms with Gasteiger partial charge in [0.1, 0.15) is 13.2 Å². The second kappa shape index (κ2) is 7.06. The van der Waals surface area contributed by atoms with E-state index in [0.717, 1.165) is 0 Å². The number of aliphatic hydroxyl groups is 2. The second-order valence-corrected chi connectivity index (χ2v) is 5.58. The standard InChI is InChI=1S/C16H20N2O6/c19-5-1-17-3-7-23-15(21)11-10-14-12(9-13(11)17)16(22)24-8-4-18(14)2-6-20/h9-10,19-20H,1-8H2. The van der Waals surface area contributed by atoms with Gasteiger partial charge in [0.2, 0.25) is 0 Å². The Balaban J connectivity index is 2.14. The third kappa shape index (κ3) is 3.02. The average Bonchev–Trinajstić information content (AvgIpc) is 2.82. The highest BCUT2D eigenvalue weighted by molar-refractivity contribution is 6.04. The van der Waals surface area contributed by atoms with Crippen molar-refractivity contribution in [3.8, 4) is 0 Å². The molecule has 0 aromatic heterocycles. The van der Waals surface area contributed by atoms with Gasteiger partial charge < -0.3 is 29.5 Å². The first-order valence-electron chi connectivity index (χ1n) is 7.89. The summed E-state index contributed by atoms with van der Waals surface area (Å²) >= 11 is 0. The molecule has 0 aliphatic carbocycles. The number of rotatable bonds is 4. The van der Waals surface area contributed by atoms with Crippen LogP contribution in [0.2, 0.25) is 0 Å². The minimum Gasteiger partial charge on any atom is -0.460 e. The predicted molar refractivity (Wildman–Crippen MR) is 85.6 cm³/mol. The van der Waals surface area contributed by atoms with Crippen molar-refractivity contribution in [3.63, 3.8) is 0 Å². The molecule has 130 valence electrons. The fraction of sp³-hybridized carbons (Fsp3) is 0.500. The van der Waals surface area contributed by atoms with Gasteiger partial charge in [-0.2, -0.15) is 0 Å². The van der Waals surface area contributed by atoms with E-state index in [4.69, 9.17) is 9.47 Å². The third-order valence-electron chi connectivity index (χ3n) is 4.16. The molecule has 0 spiro atoms. The van der Waals surface area contributed by atoms with Gasteiger partial charge in [0.15, 0.2) is 0 Å². The first-order valence-corrected chi connectivity index (χ1v) is 7.89. The number of carbonyl (C=O) groups is 2. The molecule has 0 atom stereocenters. The predicted octanol–water partition coefficient (Wildman–Crippen LogP) is -0.375. The summed E-state index contributed by atoms with van der Waals surface area (Å²) in [4.78, 5) is 28.2. The Bertz CT molecular complexity index is 592. The molecule has 2 N–H and O–H groups in total. The number of β-amino-alcohol motifs (C(OH)–C–C–N with tert-alkyl or cyclic N) is 2. The second-order valence-electron chi connectivity index (χ2n) is 5.58. The Morgan fingerprint density at radius 3 is 1.62 bits per heavy atom. The number of benzene rings is 1. The Morgan fingerprint density at radius 2 is 1.25 bits per heavy atom. The van der Waals surface area contributed by atoms with Crippen LogP contribution in [0.15, 0.2) is 12.1 Å². The summed E-state index contributed by atoms with van der Waals surface area (Å²) < 4.78 is 10.4. The quantitative estimate of drug-likeness (QED) is 0.718. The van der Waals surface area contributed by atoms with Crippen molar-refractivity contribution in [2.45, 2.75) is 0 Å². The highest BCUT2D eigenvalue weighted by Gasteiger charge is 2.29. The van der Waals surface area contributed by atoms with E-state index in [1.54, 1.807) is 12.1 Å². The van der Waals surface area contributed by atoms with Crippen LogP contribution in [-0.2, 0) is 9.47 Å². The maximum Gasteiger partial charge on any atom is 0.340 e. The van der Waals surface area contributed by atoms with Crippen molar-refractivity contribution in [1.82, 2.24) is 0 Å². The van der Waals surface area contributed by atoms with Crippen LogP contribution in [0.3, 0.4) is 0 Å². The lowest BCUT2D eigenvalue weighted by molar-refractivity contribution is 0.0514. The molecule has 0 saturated carbocycles. The van der Waals surface area contributed by atoms with Crippen LogP contribution in [0.25, 0.3) is 0 Å². The van der Waals surface area contributed by atoms with Crippen molar-refractivity contribution in [1.29, 1.82) is 0 Å². The largest absolute Gasteiger partial charge is 0.460 e. The van der Waals surface area contributed by atoms with E-state index in [9.17, 15) is 19.8 Å². The van der Waals surface area contributed by atoms with Gasteiger partial charge in [-0.1, -0.05) is 0 Å². The lowest BCUT2D eigenvalue weighted by Crippen LogP contribution is -2.31. The molecule has 1 aromatic rings. The highest BCUT2D eigenvalue weighted by atomic mass is 16.5. The van der Waals surface area contributed by atoms with Gasteiger partial charge in [-0.3, -0.25) is 0 Å². The van der Waals surface area contributed by atoms with E-state index in [1.807, 2.05) is 9.80 Å². The van der Waals surface area contributed by atoms with Gasteiger partial charge in [0.25, 0.3) is 0 Å². The number of aliphatic hydroxyl groups excluding tert-OH is 2. The van der Waals surface area contributed by atoms with Crippen molar-refractivity contribution in [3.05, 3.63) is 23.3 Å². The Labute approximate surface area is 139 Å². The number of ether oxygens (including phenoxy) is 2. The molecule has 2 aliphatic rings. The molecule has 2 aliphatic heterocycles. The van der Waals surface area contributed by atoms with Gasteiger partial charge in [-0.25, -0.2) is 9.59 Å². The van der Waals surface area contributed by atoms with Crippen LogP contribution >= 0.6 is 0 Å². The molecular formula is C16H20N2O6. The molecule has 0 radical (unpaired) electrons. The molecule has 8 heteroatoms. The SMILES string of the molecule is O=C1OCCN(CCO)c2cc3c(cc21)N(CCO)CCOC3=O. The summed E-state index contributed by atoms with van der Waals surface area (Å²) in [6.45, 7) is 1.81. The van der Waals surface area contributed by atoms with Crippen molar-refractivity contribution in [2.75, 3.05) is 62.4 Å². The lowest BCUT2D eigenvalue weighted by Gasteiger charge is -2.26. The molecule has 3 rings (SSSR count). The summed E-state index contributed by atoms with van der Waals surface area (Å²) in [5.74, 6) is -0.926. The van der Waals surface area contributed by atoms with Gasteiger partial charge in [-0.15, -0.1) is 0 Å². The molecular weight excluding hydrogens is 316 g/mol. The van der Waals surface area contributed by atoms with E-state index in [0.29, 0.717) is 48.7 Å².